The minimum atomic E-state index is -1.02. The van der Waals surface area contributed by atoms with E-state index in [1.54, 1.807) is 25.2 Å². The van der Waals surface area contributed by atoms with Crippen LogP contribution in [0.5, 0.6) is 0 Å². The van der Waals surface area contributed by atoms with Gasteiger partial charge < -0.3 is 31.0 Å². The third-order valence-electron chi connectivity index (χ3n) is 8.27. The first-order valence-electron chi connectivity index (χ1n) is 15.4. The van der Waals surface area contributed by atoms with Crippen LogP contribution >= 0.6 is 11.3 Å². The molecule has 2 aromatic rings. The molecule has 1 aliphatic rings. The van der Waals surface area contributed by atoms with Crippen molar-refractivity contribution in [3.63, 3.8) is 0 Å². The minimum Gasteiger partial charge on any atom is -0.465 e. The van der Waals surface area contributed by atoms with E-state index in [2.05, 4.69) is 20.9 Å². The van der Waals surface area contributed by atoms with Gasteiger partial charge in [-0.15, -0.1) is 11.3 Å². The SMILES string of the molecule is Cc1ncsc1-c1ccc([C@H](C)NC(=O)[C@@H]2C[C@@H](O)CN2C[C@@H](NC(=O)CCCCCCCNC(=O)O)C(C)(C)C=O)cc1. The fourth-order valence-electron chi connectivity index (χ4n) is 5.44. The summed E-state index contributed by atoms with van der Waals surface area (Å²) in [6.45, 7) is 8.36. The first-order valence-corrected chi connectivity index (χ1v) is 16.2. The number of rotatable bonds is 17. The van der Waals surface area contributed by atoms with Gasteiger partial charge in [0.2, 0.25) is 11.8 Å². The number of aryl methyl sites for hydroxylation is 1. The zero-order valence-electron chi connectivity index (χ0n) is 26.2. The van der Waals surface area contributed by atoms with E-state index in [1.807, 2.05) is 48.5 Å². The van der Waals surface area contributed by atoms with E-state index in [-0.39, 0.29) is 37.4 Å². The molecule has 0 aliphatic carbocycles. The maximum Gasteiger partial charge on any atom is 0.404 e. The number of nitrogens with zero attached hydrogens (tertiary/aromatic N) is 2. The predicted octanol–water partition coefficient (Wildman–Crippen LogP) is 4.05. The molecule has 0 unspecified atom stereocenters. The van der Waals surface area contributed by atoms with Crippen molar-refractivity contribution in [3.05, 3.63) is 41.0 Å². The number of thiazole rings is 1. The van der Waals surface area contributed by atoms with Crippen LogP contribution in [0.25, 0.3) is 10.4 Å². The summed E-state index contributed by atoms with van der Waals surface area (Å²) in [7, 11) is 0. The number of unbranched alkanes of at least 4 members (excludes halogenated alkanes) is 4. The fourth-order valence-corrected chi connectivity index (χ4v) is 6.25. The molecule has 3 rings (SSSR count). The van der Waals surface area contributed by atoms with E-state index in [0.717, 1.165) is 53.7 Å². The molecule has 0 spiro atoms. The second kappa shape index (κ2) is 16.6. The Morgan fingerprint density at radius 1 is 1.11 bits per heavy atom. The first kappa shape index (κ1) is 35.1. The third-order valence-corrected chi connectivity index (χ3v) is 9.25. The molecule has 0 bridgehead atoms. The Hall–Kier alpha value is -3.35. The van der Waals surface area contributed by atoms with Gasteiger partial charge in [-0.05, 0) is 44.2 Å². The lowest BCUT2D eigenvalue weighted by molar-refractivity contribution is -0.126. The van der Waals surface area contributed by atoms with E-state index in [0.29, 0.717) is 19.4 Å². The number of carboxylic acid groups (broad SMARTS) is 1. The normalized spacial score (nSPS) is 18.4. The zero-order valence-corrected chi connectivity index (χ0v) is 27.0. The van der Waals surface area contributed by atoms with E-state index in [4.69, 9.17) is 5.11 Å². The fraction of sp³-hybridized carbons (Fsp3) is 0.594. The lowest BCUT2D eigenvalue weighted by Gasteiger charge is -2.35. The van der Waals surface area contributed by atoms with Crippen molar-refractivity contribution in [2.45, 2.75) is 96.9 Å². The summed E-state index contributed by atoms with van der Waals surface area (Å²) in [6.07, 6.45) is 3.74. The Morgan fingerprint density at radius 2 is 1.80 bits per heavy atom. The van der Waals surface area contributed by atoms with Gasteiger partial charge in [0.15, 0.2) is 0 Å². The van der Waals surface area contributed by atoms with Gasteiger partial charge in [0.25, 0.3) is 0 Å². The molecule has 0 radical (unpaired) electrons. The van der Waals surface area contributed by atoms with Gasteiger partial charge in [0.1, 0.15) is 6.29 Å². The maximum absolute atomic E-state index is 13.4. The summed E-state index contributed by atoms with van der Waals surface area (Å²) in [4.78, 5) is 56.1. The van der Waals surface area contributed by atoms with Crippen LogP contribution in [0.3, 0.4) is 0 Å². The van der Waals surface area contributed by atoms with Crippen LogP contribution in [0, 0.1) is 12.3 Å². The second-order valence-electron chi connectivity index (χ2n) is 12.3. The zero-order chi connectivity index (χ0) is 32.3. The number of β-amino-alcohol motifs (C(OH)–C–C–N with tert-alkyl or cyclic N) is 1. The van der Waals surface area contributed by atoms with Gasteiger partial charge in [-0.25, -0.2) is 9.78 Å². The van der Waals surface area contributed by atoms with Gasteiger partial charge in [0, 0.05) is 31.5 Å². The standard InChI is InChI=1S/C32H47N5O6S/c1-21(23-11-13-24(14-12-23)29-22(2)34-20-44-29)35-30(41)26-16-25(39)17-37(26)18-27(32(3,4)19-38)36-28(40)10-8-6-5-7-9-15-33-31(42)43/h11-14,19-21,25-27,33,39H,5-10,15-18H2,1-4H3,(H,35,41)(H,36,40)(H,42,43)/t21-,25+,26-,27+/m0/s1. The van der Waals surface area contributed by atoms with Gasteiger partial charge >= 0.3 is 6.09 Å². The molecule has 0 saturated carbocycles. The molecule has 242 valence electrons. The average molecular weight is 630 g/mol. The Morgan fingerprint density at radius 3 is 2.43 bits per heavy atom. The molecule has 1 saturated heterocycles. The Bertz CT molecular complexity index is 1250. The molecule has 1 fully saturated rings. The summed E-state index contributed by atoms with van der Waals surface area (Å²) >= 11 is 1.59. The van der Waals surface area contributed by atoms with Crippen LogP contribution < -0.4 is 16.0 Å². The van der Waals surface area contributed by atoms with Crippen molar-refractivity contribution in [1.29, 1.82) is 0 Å². The number of carbonyl (C=O) groups is 4. The van der Waals surface area contributed by atoms with Gasteiger partial charge in [-0.3, -0.25) is 14.5 Å². The number of aliphatic hydroxyl groups excluding tert-OH is 1. The number of aldehydes is 1. The first-order chi connectivity index (χ1) is 20.9. The molecule has 5 N–H and O–H groups in total. The van der Waals surface area contributed by atoms with Crippen molar-refractivity contribution in [2.75, 3.05) is 19.6 Å². The summed E-state index contributed by atoms with van der Waals surface area (Å²) in [5.41, 5.74) is 3.96. The minimum absolute atomic E-state index is 0.163. The lowest BCUT2D eigenvalue weighted by Crippen LogP contribution is -2.55. The van der Waals surface area contributed by atoms with Crippen molar-refractivity contribution in [2.24, 2.45) is 5.41 Å². The number of benzene rings is 1. The third kappa shape index (κ3) is 10.4. The topological polar surface area (TPSA) is 161 Å². The van der Waals surface area contributed by atoms with Crippen LogP contribution in [-0.2, 0) is 14.4 Å². The smallest absolute Gasteiger partial charge is 0.404 e. The van der Waals surface area contributed by atoms with Crippen LogP contribution in [0.4, 0.5) is 4.79 Å². The highest BCUT2D eigenvalue weighted by Crippen LogP contribution is 2.29. The van der Waals surface area contributed by atoms with Crippen molar-refractivity contribution in [1.82, 2.24) is 25.8 Å². The number of carbonyl (C=O) groups excluding carboxylic acids is 3. The van der Waals surface area contributed by atoms with E-state index >= 15 is 0 Å². The Balaban J connectivity index is 1.55. The molecule has 2 heterocycles. The van der Waals surface area contributed by atoms with E-state index < -0.39 is 29.7 Å². The molecule has 1 aliphatic heterocycles. The number of hydrogen-bond donors (Lipinski definition) is 5. The average Bonchev–Trinajstić information content (AvgIpc) is 3.58. The molecule has 1 aromatic carbocycles. The van der Waals surface area contributed by atoms with Crippen LogP contribution in [-0.4, -0.2) is 82.1 Å². The number of hydrogen-bond acceptors (Lipinski definition) is 8. The van der Waals surface area contributed by atoms with Crippen LogP contribution in [0.1, 0.15) is 83.0 Å². The Kier molecular flexibility index (Phi) is 13.3. The number of aliphatic hydroxyl groups is 1. The summed E-state index contributed by atoms with van der Waals surface area (Å²) in [5.74, 6) is -0.368. The number of aromatic nitrogens is 1. The largest absolute Gasteiger partial charge is 0.465 e. The highest BCUT2D eigenvalue weighted by molar-refractivity contribution is 7.13. The number of nitrogens with one attached hydrogen (secondary N) is 3. The van der Waals surface area contributed by atoms with Crippen molar-refractivity contribution in [3.8, 4) is 10.4 Å². The van der Waals surface area contributed by atoms with Crippen molar-refractivity contribution < 1.29 is 29.4 Å². The molecular formula is C32H47N5O6S. The van der Waals surface area contributed by atoms with E-state index in [9.17, 15) is 24.3 Å². The van der Waals surface area contributed by atoms with Gasteiger partial charge in [-0.2, -0.15) is 0 Å². The van der Waals surface area contributed by atoms with Gasteiger partial charge in [0.05, 0.1) is 40.3 Å². The molecule has 44 heavy (non-hydrogen) atoms. The lowest BCUT2D eigenvalue weighted by atomic mass is 9.85. The maximum atomic E-state index is 13.4. The van der Waals surface area contributed by atoms with Gasteiger partial charge in [-0.1, -0.05) is 57.4 Å². The highest BCUT2D eigenvalue weighted by Gasteiger charge is 2.40. The van der Waals surface area contributed by atoms with Crippen LogP contribution in [0.15, 0.2) is 29.8 Å². The highest BCUT2D eigenvalue weighted by atomic mass is 32.1. The van der Waals surface area contributed by atoms with Crippen LogP contribution in [0.2, 0.25) is 0 Å². The number of likely N-dealkylation sites (tertiary alicyclic amines) is 1. The molecule has 4 atom stereocenters. The second-order valence-corrected chi connectivity index (χ2v) is 13.1. The predicted molar refractivity (Wildman–Crippen MR) is 170 cm³/mol. The summed E-state index contributed by atoms with van der Waals surface area (Å²) < 4.78 is 0. The quantitative estimate of drug-likeness (QED) is 0.129. The molecule has 12 heteroatoms. The van der Waals surface area contributed by atoms with E-state index in [1.165, 1.54) is 0 Å². The molecule has 3 amide bonds. The monoisotopic (exact) mass is 629 g/mol. The molecule has 1 aromatic heterocycles. The summed E-state index contributed by atoms with van der Waals surface area (Å²) in [5, 5.41) is 27.6. The molecule has 11 nitrogen and oxygen atoms in total. The number of amides is 3. The molecular weight excluding hydrogens is 582 g/mol. The summed E-state index contributed by atoms with van der Waals surface area (Å²) in [6, 6.07) is 6.65. The Labute approximate surface area is 263 Å². The van der Waals surface area contributed by atoms with Crippen molar-refractivity contribution >= 4 is 35.5 Å².